The van der Waals surface area contributed by atoms with Crippen LogP contribution in [0.15, 0.2) is 41.6 Å². The molecule has 1 aliphatic rings. The SMILES string of the molecule is Cc1c2cnn(-c3ncc(F)cn3)c(=O)c2c(C)n1-c1cc(F)cc(N2CCC2)c1. The van der Waals surface area contributed by atoms with Crippen LogP contribution in [0, 0.1) is 25.5 Å². The third-order valence-corrected chi connectivity index (χ3v) is 5.54. The Balaban J connectivity index is 1.71. The van der Waals surface area contributed by atoms with Crippen LogP contribution in [0.25, 0.3) is 22.4 Å². The monoisotopic (exact) mass is 408 g/mol. The molecule has 0 amide bonds. The first-order valence-electron chi connectivity index (χ1n) is 9.58. The molecule has 0 saturated carbocycles. The Hall–Kier alpha value is -3.62. The molecule has 4 heterocycles. The van der Waals surface area contributed by atoms with Gasteiger partial charge in [0, 0.05) is 35.6 Å². The quantitative estimate of drug-likeness (QED) is 0.521. The molecule has 1 fully saturated rings. The summed E-state index contributed by atoms with van der Waals surface area (Å²) < 4.78 is 30.4. The maximum Gasteiger partial charge on any atom is 0.283 e. The summed E-state index contributed by atoms with van der Waals surface area (Å²) in [6.45, 7) is 5.48. The van der Waals surface area contributed by atoms with Gasteiger partial charge in [-0.25, -0.2) is 18.7 Å². The number of anilines is 1. The van der Waals surface area contributed by atoms with Gasteiger partial charge in [0.15, 0.2) is 5.82 Å². The summed E-state index contributed by atoms with van der Waals surface area (Å²) in [7, 11) is 0. The van der Waals surface area contributed by atoms with E-state index in [9.17, 15) is 13.6 Å². The first-order chi connectivity index (χ1) is 14.4. The second kappa shape index (κ2) is 6.72. The number of aromatic nitrogens is 5. The Morgan fingerprint density at radius 2 is 1.60 bits per heavy atom. The molecule has 1 saturated heterocycles. The van der Waals surface area contributed by atoms with Gasteiger partial charge in [0.1, 0.15) is 5.82 Å². The van der Waals surface area contributed by atoms with E-state index in [2.05, 4.69) is 20.0 Å². The van der Waals surface area contributed by atoms with Crippen molar-refractivity contribution in [1.29, 1.82) is 0 Å². The first kappa shape index (κ1) is 18.4. The van der Waals surface area contributed by atoms with Gasteiger partial charge in [-0.3, -0.25) is 4.79 Å². The molecule has 0 spiro atoms. The predicted octanol–water partition coefficient (Wildman–Crippen LogP) is 3.07. The van der Waals surface area contributed by atoms with E-state index in [1.807, 2.05) is 17.6 Å². The molecule has 5 rings (SSSR count). The van der Waals surface area contributed by atoms with E-state index in [1.165, 1.54) is 12.1 Å². The van der Waals surface area contributed by atoms with E-state index in [1.54, 1.807) is 13.1 Å². The minimum absolute atomic E-state index is 0.0149. The average molecular weight is 408 g/mol. The lowest BCUT2D eigenvalue weighted by Gasteiger charge is -2.33. The average Bonchev–Trinajstić information content (AvgIpc) is 2.92. The van der Waals surface area contributed by atoms with Gasteiger partial charge >= 0.3 is 0 Å². The van der Waals surface area contributed by atoms with Crippen LogP contribution < -0.4 is 10.5 Å². The maximum absolute atomic E-state index is 14.4. The van der Waals surface area contributed by atoms with Gasteiger partial charge < -0.3 is 9.47 Å². The molecule has 152 valence electrons. The Bertz CT molecular complexity index is 1340. The predicted molar refractivity (Wildman–Crippen MR) is 108 cm³/mol. The topological polar surface area (TPSA) is 68.8 Å². The molecule has 1 aromatic carbocycles. The zero-order chi connectivity index (χ0) is 21.0. The van der Waals surface area contributed by atoms with E-state index in [-0.39, 0.29) is 11.8 Å². The second-order valence-corrected chi connectivity index (χ2v) is 7.37. The summed E-state index contributed by atoms with van der Waals surface area (Å²) >= 11 is 0. The fourth-order valence-electron chi connectivity index (χ4n) is 3.95. The lowest BCUT2D eigenvalue weighted by atomic mass is 10.1. The highest BCUT2D eigenvalue weighted by Crippen LogP contribution is 2.30. The van der Waals surface area contributed by atoms with Gasteiger partial charge in [0.2, 0.25) is 0 Å². The largest absolute Gasteiger partial charge is 0.371 e. The molecule has 1 aliphatic heterocycles. The highest BCUT2D eigenvalue weighted by Gasteiger charge is 2.21. The Kier molecular flexibility index (Phi) is 4.12. The summed E-state index contributed by atoms with van der Waals surface area (Å²) in [6.07, 6.45) is 4.61. The van der Waals surface area contributed by atoms with Gasteiger partial charge in [-0.2, -0.15) is 9.78 Å². The van der Waals surface area contributed by atoms with Crippen molar-refractivity contribution < 1.29 is 8.78 Å². The van der Waals surface area contributed by atoms with Crippen molar-refractivity contribution in [3.63, 3.8) is 0 Å². The number of halogens is 2. The minimum Gasteiger partial charge on any atom is -0.371 e. The van der Waals surface area contributed by atoms with Crippen LogP contribution in [0.1, 0.15) is 17.8 Å². The molecule has 7 nitrogen and oxygen atoms in total. The van der Waals surface area contributed by atoms with E-state index < -0.39 is 11.4 Å². The van der Waals surface area contributed by atoms with Crippen LogP contribution in [0.2, 0.25) is 0 Å². The number of hydrogen-bond donors (Lipinski definition) is 0. The molecule has 0 N–H and O–H groups in total. The van der Waals surface area contributed by atoms with E-state index in [0.29, 0.717) is 22.2 Å². The molecule has 9 heteroatoms. The highest BCUT2D eigenvalue weighted by atomic mass is 19.1. The van der Waals surface area contributed by atoms with Gasteiger partial charge in [0.25, 0.3) is 11.5 Å². The fourth-order valence-corrected chi connectivity index (χ4v) is 3.95. The first-order valence-corrected chi connectivity index (χ1v) is 9.58. The summed E-state index contributed by atoms with van der Waals surface area (Å²) in [5.74, 6) is -0.949. The van der Waals surface area contributed by atoms with Crippen LogP contribution in [0.4, 0.5) is 14.5 Å². The number of benzene rings is 1. The number of nitrogens with zero attached hydrogens (tertiary/aromatic N) is 6. The standard InChI is InChI=1S/C21H18F2N6O/c1-12-18-11-26-29(21-24-9-15(23)10-25-21)20(30)19(18)13(2)28(12)17-7-14(22)6-16(8-17)27-4-3-5-27/h6-11H,3-5H2,1-2H3. The van der Waals surface area contributed by atoms with Gasteiger partial charge in [-0.1, -0.05) is 0 Å². The number of aryl methyl sites for hydroxylation is 2. The number of hydrogen-bond acceptors (Lipinski definition) is 5. The summed E-state index contributed by atoms with van der Waals surface area (Å²) in [4.78, 5) is 23.0. The molecular weight excluding hydrogens is 390 g/mol. The fraction of sp³-hybridized carbons (Fsp3) is 0.238. The van der Waals surface area contributed by atoms with Gasteiger partial charge in [-0.05, 0) is 38.5 Å². The van der Waals surface area contributed by atoms with Crippen molar-refractivity contribution in [2.75, 3.05) is 18.0 Å². The molecule has 30 heavy (non-hydrogen) atoms. The van der Waals surface area contributed by atoms with Crippen LogP contribution in [0.3, 0.4) is 0 Å². The summed E-state index contributed by atoms with van der Waals surface area (Å²) in [6, 6.07) is 4.91. The Morgan fingerprint density at radius 1 is 0.900 bits per heavy atom. The maximum atomic E-state index is 14.4. The number of fused-ring (bicyclic) bond motifs is 1. The zero-order valence-electron chi connectivity index (χ0n) is 16.4. The summed E-state index contributed by atoms with van der Waals surface area (Å²) in [5, 5.41) is 5.26. The van der Waals surface area contributed by atoms with Crippen molar-refractivity contribution in [2.24, 2.45) is 0 Å². The smallest absolute Gasteiger partial charge is 0.283 e. The van der Waals surface area contributed by atoms with Crippen LogP contribution >= 0.6 is 0 Å². The van der Waals surface area contributed by atoms with Gasteiger partial charge in [-0.15, -0.1) is 0 Å². The third kappa shape index (κ3) is 2.77. The molecular formula is C21H18F2N6O. The number of rotatable bonds is 3. The molecule has 0 radical (unpaired) electrons. The molecule has 0 bridgehead atoms. The van der Waals surface area contributed by atoms with Crippen molar-refractivity contribution in [3.05, 3.63) is 70.2 Å². The van der Waals surface area contributed by atoms with Crippen molar-refractivity contribution in [1.82, 2.24) is 24.3 Å². The van der Waals surface area contributed by atoms with Crippen molar-refractivity contribution >= 4 is 16.5 Å². The lowest BCUT2D eigenvalue weighted by Crippen LogP contribution is -2.37. The normalized spacial score (nSPS) is 13.7. The zero-order valence-corrected chi connectivity index (χ0v) is 16.4. The van der Waals surface area contributed by atoms with Crippen LogP contribution in [-0.4, -0.2) is 37.4 Å². The molecule has 4 aromatic rings. The van der Waals surface area contributed by atoms with Crippen molar-refractivity contribution in [3.8, 4) is 11.6 Å². The highest BCUT2D eigenvalue weighted by molar-refractivity contribution is 5.88. The molecule has 0 atom stereocenters. The Morgan fingerprint density at radius 3 is 2.27 bits per heavy atom. The molecule has 0 aliphatic carbocycles. The van der Waals surface area contributed by atoms with E-state index in [4.69, 9.17) is 0 Å². The molecule has 0 unspecified atom stereocenters. The lowest BCUT2D eigenvalue weighted by molar-refractivity contribution is 0.602. The summed E-state index contributed by atoms with van der Waals surface area (Å²) in [5.41, 5.74) is 2.48. The van der Waals surface area contributed by atoms with Gasteiger partial charge in [0.05, 0.1) is 29.7 Å². The molecule has 3 aromatic heterocycles. The second-order valence-electron chi connectivity index (χ2n) is 7.37. The minimum atomic E-state index is -0.602. The third-order valence-electron chi connectivity index (χ3n) is 5.54. The van der Waals surface area contributed by atoms with Crippen LogP contribution in [-0.2, 0) is 0 Å². The Labute approximate surface area is 170 Å². The van der Waals surface area contributed by atoms with E-state index in [0.717, 1.165) is 48.0 Å². The van der Waals surface area contributed by atoms with Crippen LogP contribution in [0.5, 0.6) is 0 Å². The van der Waals surface area contributed by atoms with Crippen molar-refractivity contribution in [2.45, 2.75) is 20.3 Å². The van der Waals surface area contributed by atoms with E-state index >= 15 is 0 Å².